The molecule has 0 radical (unpaired) electrons. The number of halogens is 1. The third-order valence-electron chi connectivity index (χ3n) is 10.4. The number of nitrogens with one attached hydrogen (secondary N) is 1. The first-order valence-electron chi connectivity index (χ1n) is 19.9. The van der Waals surface area contributed by atoms with E-state index < -0.39 is 0 Å². The highest BCUT2D eigenvalue weighted by molar-refractivity contribution is 4.73. The van der Waals surface area contributed by atoms with E-state index in [-0.39, 0.29) is 12.4 Å². The smallest absolute Gasteiger partial charge is 0.0944 e. The SMILES string of the molecule is CCCCCCCCCCCCCCCCCCC(C)(CCCCCCCCCCCCCCCCCC)[NH+](C)C.[Cl-]. The largest absolute Gasteiger partial charge is 1.00 e. The lowest BCUT2D eigenvalue weighted by molar-refractivity contribution is -0.914. The fourth-order valence-electron chi connectivity index (χ4n) is 6.75. The van der Waals surface area contributed by atoms with E-state index in [0.717, 1.165) is 0 Å². The van der Waals surface area contributed by atoms with Crippen LogP contribution in [-0.2, 0) is 0 Å². The molecule has 0 fully saturated rings. The first-order valence-corrected chi connectivity index (χ1v) is 19.9. The Morgan fingerprint density at radius 3 is 0.643 bits per heavy atom. The highest BCUT2D eigenvalue weighted by atomic mass is 35.5. The lowest BCUT2D eigenvalue weighted by atomic mass is 9.87. The fourth-order valence-corrected chi connectivity index (χ4v) is 6.75. The average Bonchev–Trinajstić information content (AvgIpc) is 2.96. The van der Waals surface area contributed by atoms with Crippen LogP contribution in [0.4, 0.5) is 0 Å². The van der Waals surface area contributed by atoms with Gasteiger partial charge in [-0.1, -0.05) is 206 Å². The van der Waals surface area contributed by atoms with Crippen LogP contribution in [0, 0.1) is 0 Å². The topological polar surface area (TPSA) is 4.44 Å². The molecule has 0 aromatic rings. The Hall–Kier alpha value is 0.250. The van der Waals surface area contributed by atoms with Crippen molar-refractivity contribution in [2.24, 2.45) is 0 Å². The van der Waals surface area contributed by atoms with Gasteiger partial charge < -0.3 is 17.3 Å². The maximum atomic E-state index is 2.57. The lowest BCUT2D eigenvalue weighted by Crippen LogP contribution is -3.14. The Kier molecular flexibility index (Phi) is 37.7. The predicted octanol–water partition coefficient (Wildman–Crippen LogP) is 10.2. The van der Waals surface area contributed by atoms with Gasteiger partial charge in [-0.25, -0.2) is 0 Å². The van der Waals surface area contributed by atoms with Crippen LogP contribution < -0.4 is 17.3 Å². The van der Waals surface area contributed by atoms with E-state index in [1.165, 1.54) is 218 Å². The van der Waals surface area contributed by atoms with Gasteiger partial charge in [-0.2, -0.15) is 0 Å². The highest BCUT2D eigenvalue weighted by Crippen LogP contribution is 2.21. The Bertz CT molecular complexity index is 440. The van der Waals surface area contributed by atoms with Crippen molar-refractivity contribution in [2.45, 2.75) is 245 Å². The number of hydrogen-bond acceptors (Lipinski definition) is 0. The molecule has 0 aromatic heterocycles. The minimum atomic E-state index is 0. The second kappa shape index (κ2) is 35.7. The van der Waals surface area contributed by atoms with Gasteiger partial charge in [0.25, 0.3) is 0 Å². The van der Waals surface area contributed by atoms with E-state index in [4.69, 9.17) is 0 Å². The van der Waals surface area contributed by atoms with E-state index >= 15 is 0 Å². The molecule has 0 atom stereocenters. The molecular weight excluding hydrogens is 530 g/mol. The van der Waals surface area contributed by atoms with E-state index in [2.05, 4.69) is 34.9 Å². The second-order valence-corrected chi connectivity index (χ2v) is 14.7. The van der Waals surface area contributed by atoms with Gasteiger partial charge in [0.15, 0.2) is 0 Å². The zero-order valence-corrected chi connectivity index (χ0v) is 31.2. The standard InChI is InChI=1S/C40H83N.ClH/c1-6-8-10-12-14-16-18-20-22-24-26-28-30-32-34-36-38-40(3,41(4)5)39-37-35-33-31-29-27-25-23-21-19-17-15-13-11-9-7-2;/h6-39H2,1-5H3;1H. The van der Waals surface area contributed by atoms with E-state index in [1.807, 2.05) is 0 Å². The van der Waals surface area contributed by atoms with Crippen LogP contribution in [0.2, 0.25) is 0 Å². The van der Waals surface area contributed by atoms with Gasteiger partial charge >= 0.3 is 0 Å². The summed E-state index contributed by atoms with van der Waals surface area (Å²) >= 11 is 0. The normalized spacial score (nSPS) is 11.9. The summed E-state index contributed by atoms with van der Waals surface area (Å²) in [4.78, 5) is 1.68. The van der Waals surface area contributed by atoms with Gasteiger partial charge in [0.05, 0.1) is 19.6 Å². The zero-order chi connectivity index (χ0) is 30.1. The lowest BCUT2D eigenvalue weighted by Gasteiger charge is -2.33. The summed E-state index contributed by atoms with van der Waals surface area (Å²) in [6.07, 6.45) is 49.8. The molecule has 2 heteroatoms. The van der Waals surface area contributed by atoms with Crippen molar-refractivity contribution >= 4 is 0 Å². The second-order valence-electron chi connectivity index (χ2n) is 14.7. The molecule has 0 aliphatic carbocycles. The first-order chi connectivity index (χ1) is 20.1. The molecule has 0 aromatic carbocycles. The Morgan fingerprint density at radius 1 is 0.310 bits per heavy atom. The van der Waals surface area contributed by atoms with Gasteiger partial charge in [-0.3, -0.25) is 0 Å². The molecule has 0 aliphatic rings. The molecular formula is C40H84ClN. The highest BCUT2D eigenvalue weighted by Gasteiger charge is 2.29. The van der Waals surface area contributed by atoms with Gasteiger partial charge in [-0.15, -0.1) is 0 Å². The van der Waals surface area contributed by atoms with Crippen molar-refractivity contribution in [3.8, 4) is 0 Å². The van der Waals surface area contributed by atoms with Gasteiger partial charge in [0.2, 0.25) is 0 Å². The molecule has 0 unspecified atom stereocenters. The van der Waals surface area contributed by atoms with E-state index in [0.29, 0.717) is 5.54 Å². The summed E-state index contributed by atoms with van der Waals surface area (Å²) in [5.74, 6) is 0. The summed E-state index contributed by atoms with van der Waals surface area (Å²) < 4.78 is 0. The first kappa shape index (κ1) is 44.4. The van der Waals surface area contributed by atoms with Crippen LogP contribution in [0.5, 0.6) is 0 Å². The molecule has 0 rings (SSSR count). The minimum absolute atomic E-state index is 0. The van der Waals surface area contributed by atoms with Crippen LogP contribution in [0.25, 0.3) is 0 Å². The Morgan fingerprint density at radius 2 is 0.476 bits per heavy atom. The summed E-state index contributed by atoms with van der Waals surface area (Å²) in [5, 5.41) is 0. The number of hydrogen-bond donors (Lipinski definition) is 1. The summed E-state index contributed by atoms with van der Waals surface area (Å²) in [6, 6.07) is 0. The maximum Gasteiger partial charge on any atom is 0.0944 e. The Labute approximate surface area is 275 Å². The quantitative estimate of drug-likeness (QED) is 0.0678. The molecule has 256 valence electrons. The Balaban J connectivity index is 0. The molecule has 1 nitrogen and oxygen atoms in total. The summed E-state index contributed by atoms with van der Waals surface area (Å²) in [7, 11) is 4.80. The summed E-state index contributed by atoms with van der Waals surface area (Å²) in [6.45, 7) is 7.19. The van der Waals surface area contributed by atoms with Crippen molar-refractivity contribution in [3.05, 3.63) is 0 Å². The van der Waals surface area contributed by atoms with Crippen LogP contribution in [0.3, 0.4) is 0 Å². The van der Waals surface area contributed by atoms with E-state index in [9.17, 15) is 0 Å². The molecule has 0 heterocycles. The van der Waals surface area contributed by atoms with Crippen molar-refractivity contribution in [2.75, 3.05) is 14.1 Å². The monoisotopic (exact) mass is 614 g/mol. The molecule has 42 heavy (non-hydrogen) atoms. The third kappa shape index (κ3) is 31.7. The zero-order valence-electron chi connectivity index (χ0n) is 30.4. The molecule has 0 bridgehead atoms. The fraction of sp³-hybridized carbons (Fsp3) is 1.00. The van der Waals surface area contributed by atoms with Crippen LogP contribution in [0.1, 0.15) is 239 Å². The van der Waals surface area contributed by atoms with Crippen molar-refractivity contribution < 1.29 is 17.3 Å². The van der Waals surface area contributed by atoms with Crippen LogP contribution in [-0.4, -0.2) is 19.6 Å². The molecule has 1 N–H and O–H groups in total. The van der Waals surface area contributed by atoms with Crippen LogP contribution in [0.15, 0.2) is 0 Å². The van der Waals surface area contributed by atoms with Crippen molar-refractivity contribution in [1.82, 2.24) is 0 Å². The predicted molar refractivity (Wildman–Crippen MR) is 190 cm³/mol. The van der Waals surface area contributed by atoms with E-state index in [1.54, 1.807) is 4.90 Å². The summed E-state index contributed by atoms with van der Waals surface area (Å²) in [5.41, 5.74) is 0.492. The minimum Gasteiger partial charge on any atom is -1.00 e. The van der Waals surface area contributed by atoms with Crippen LogP contribution >= 0.6 is 0 Å². The third-order valence-corrected chi connectivity index (χ3v) is 10.4. The van der Waals surface area contributed by atoms with Gasteiger partial charge in [-0.05, 0) is 19.8 Å². The number of unbranched alkanes of at least 4 members (excludes halogenated alkanes) is 30. The molecule has 0 saturated carbocycles. The number of rotatable bonds is 35. The average molecular weight is 615 g/mol. The molecule has 0 amide bonds. The van der Waals surface area contributed by atoms with Gasteiger partial charge in [0.1, 0.15) is 0 Å². The number of quaternary nitrogens is 1. The maximum absolute atomic E-state index is 2.57. The molecule has 0 spiro atoms. The van der Waals surface area contributed by atoms with Crippen molar-refractivity contribution in [1.29, 1.82) is 0 Å². The molecule has 0 saturated heterocycles. The van der Waals surface area contributed by atoms with Crippen molar-refractivity contribution in [3.63, 3.8) is 0 Å². The molecule has 0 aliphatic heterocycles. The van der Waals surface area contributed by atoms with Gasteiger partial charge in [0, 0.05) is 12.8 Å².